The molecule has 0 aliphatic carbocycles. The van der Waals surface area contributed by atoms with E-state index < -0.39 is 15.7 Å². The largest absolute Gasteiger partial charge is 0.287 e. The molecule has 0 aromatic carbocycles. The maximum absolute atomic E-state index is 13.2. The molecular formula is C8H6ClFN2O2S. The maximum atomic E-state index is 13.2. The van der Waals surface area contributed by atoms with Gasteiger partial charge in [-0.3, -0.25) is 4.40 Å². The lowest BCUT2D eigenvalue weighted by atomic mass is 10.4. The summed E-state index contributed by atoms with van der Waals surface area (Å²) in [6, 6.07) is 2.57. The van der Waals surface area contributed by atoms with Crippen molar-refractivity contribution in [1.82, 2.24) is 9.38 Å². The molecule has 2 heterocycles. The van der Waals surface area contributed by atoms with E-state index in [0.29, 0.717) is 0 Å². The summed E-state index contributed by atoms with van der Waals surface area (Å²) in [7, 11) is -3.53. The lowest BCUT2D eigenvalue weighted by Gasteiger charge is -1.98. The first kappa shape index (κ1) is 10.4. The molecule has 0 aliphatic rings. The molecule has 0 bridgehead atoms. The minimum atomic E-state index is -3.53. The highest BCUT2D eigenvalue weighted by atomic mass is 35.5. The van der Waals surface area contributed by atoms with E-state index in [1.165, 1.54) is 18.3 Å². The number of aromatic nitrogens is 2. The normalized spacial score (nSPS) is 12.2. The SMILES string of the molecule is CS(=O)(=O)c1c(Cl)nc2c(F)cccn12. The van der Waals surface area contributed by atoms with Crippen LogP contribution in [0.15, 0.2) is 23.4 Å². The predicted molar refractivity (Wildman–Crippen MR) is 53.3 cm³/mol. The molecule has 0 saturated heterocycles. The molecule has 2 aromatic rings. The summed E-state index contributed by atoms with van der Waals surface area (Å²) in [6.07, 6.45) is 2.39. The molecular weight excluding hydrogens is 243 g/mol. The van der Waals surface area contributed by atoms with E-state index in [2.05, 4.69) is 4.98 Å². The van der Waals surface area contributed by atoms with Gasteiger partial charge in [0.2, 0.25) is 0 Å². The van der Waals surface area contributed by atoms with E-state index in [1.54, 1.807) is 0 Å². The van der Waals surface area contributed by atoms with Crippen LogP contribution in [0.4, 0.5) is 4.39 Å². The van der Waals surface area contributed by atoms with E-state index in [0.717, 1.165) is 10.7 Å². The lowest BCUT2D eigenvalue weighted by Crippen LogP contribution is -2.02. The van der Waals surface area contributed by atoms with E-state index >= 15 is 0 Å². The Hall–Kier alpha value is -1.14. The Bertz CT molecular complexity index is 635. The van der Waals surface area contributed by atoms with Gasteiger partial charge in [-0.2, -0.15) is 0 Å². The van der Waals surface area contributed by atoms with Gasteiger partial charge in [0.05, 0.1) is 0 Å². The number of rotatable bonds is 1. The summed E-state index contributed by atoms with van der Waals surface area (Å²) in [6.45, 7) is 0. The van der Waals surface area contributed by atoms with Crippen molar-refractivity contribution >= 4 is 27.1 Å². The number of pyridine rings is 1. The highest BCUT2D eigenvalue weighted by Crippen LogP contribution is 2.23. The van der Waals surface area contributed by atoms with Crippen molar-refractivity contribution < 1.29 is 12.8 Å². The van der Waals surface area contributed by atoms with Crippen molar-refractivity contribution in [2.75, 3.05) is 6.26 Å². The molecule has 7 heteroatoms. The molecule has 0 amide bonds. The first-order valence-corrected chi connectivity index (χ1v) is 6.20. The first-order chi connectivity index (χ1) is 6.91. The topological polar surface area (TPSA) is 51.4 Å². The van der Waals surface area contributed by atoms with Crippen LogP contribution in [-0.2, 0) is 9.84 Å². The van der Waals surface area contributed by atoms with Gasteiger partial charge >= 0.3 is 0 Å². The first-order valence-electron chi connectivity index (χ1n) is 3.93. The van der Waals surface area contributed by atoms with Gasteiger partial charge in [0.1, 0.15) is 0 Å². The number of sulfone groups is 1. The Balaban J connectivity index is 2.99. The fourth-order valence-corrected chi connectivity index (χ4v) is 2.76. The zero-order valence-electron chi connectivity index (χ0n) is 7.61. The van der Waals surface area contributed by atoms with Crippen LogP contribution in [0, 0.1) is 5.82 Å². The van der Waals surface area contributed by atoms with E-state index in [-0.39, 0.29) is 15.8 Å². The van der Waals surface area contributed by atoms with Crippen LogP contribution in [0.25, 0.3) is 5.65 Å². The standard InChI is InChI=1S/C8H6ClFN2O2S/c1-15(13,14)8-6(9)11-7-5(10)3-2-4-12(7)8/h2-4H,1H3. The summed E-state index contributed by atoms with van der Waals surface area (Å²) in [4.78, 5) is 3.65. The van der Waals surface area contributed by atoms with Crippen LogP contribution in [-0.4, -0.2) is 24.1 Å². The number of fused-ring (bicyclic) bond motifs is 1. The van der Waals surface area contributed by atoms with Crippen molar-refractivity contribution in [2.24, 2.45) is 0 Å². The summed E-state index contributed by atoms with van der Waals surface area (Å²) < 4.78 is 37.1. The monoisotopic (exact) mass is 248 g/mol. The highest BCUT2D eigenvalue weighted by molar-refractivity contribution is 7.90. The van der Waals surface area contributed by atoms with Gasteiger partial charge in [0, 0.05) is 12.5 Å². The number of hydrogen-bond acceptors (Lipinski definition) is 3. The minimum absolute atomic E-state index is 0.0945. The molecule has 2 rings (SSSR count). The Labute approximate surface area is 90.2 Å². The quantitative estimate of drug-likeness (QED) is 0.769. The predicted octanol–water partition coefficient (Wildman–Crippen LogP) is 1.53. The Morgan fingerprint density at radius 2 is 2.20 bits per heavy atom. The molecule has 80 valence electrons. The van der Waals surface area contributed by atoms with Gasteiger partial charge in [-0.05, 0) is 12.1 Å². The van der Waals surface area contributed by atoms with Crippen molar-refractivity contribution in [2.45, 2.75) is 5.03 Å². The maximum Gasteiger partial charge on any atom is 0.194 e. The third-order valence-corrected chi connectivity index (χ3v) is 3.34. The number of nitrogens with zero attached hydrogens (tertiary/aromatic N) is 2. The second-order valence-corrected chi connectivity index (χ2v) is 5.32. The average molecular weight is 249 g/mol. The fourth-order valence-electron chi connectivity index (χ4n) is 1.32. The zero-order valence-corrected chi connectivity index (χ0v) is 9.18. The van der Waals surface area contributed by atoms with Crippen LogP contribution in [0.2, 0.25) is 5.15 Å². The number of hydrogen-bond donors (Lipinski definition) is 0. The van der Waals surface area contributed by atoms with Gasteiger partial charge in [-0.15, -0.1) is 0 Å². The van der Waals surface area contributed by atoms with Crippen molar-refractivity contribution in [3.63, 3.8) is 0 Å². The molecule has 0 unspecified atom stereocenters. The summed E-state index contributed by atoms with van der Waals surface area (Å²) in [5, 5.41) is -0.415. The minimum Gasteiger partial charge on any atom is -0.287 e. The van der Waals surface area contributed by atoms with E-state index in [1.807, 2.05) is 0 Å². The highest BCUT2D eigenvalue weighted by Gasteiger charge is 2.21. The number of imidazole rings is 1. The Kier molecular flexibility index (Phi) is 2.20. The molecule has 0 atom stereocenters. The molecule has 4 nitrogen and oxygen atoms in total. The van der Waals surface area contributed by atoms with Crippen LogP contribution < -0.4 is 0 Å². The van der Waals surface area contributed by atoms with Crippen LogP contribution in [0.5, 0.6) is 0 Å². The number of halogens is 2. The molecule has 2 aromatic heterocycles. The van der Waals surface area contributed by atoms with Gasteiger partial charge in [-0.1, -0.05) is 11.6 Å². The smallest absolute Gasteiger partial charge is 0.194 e. The van der Waals surface area contributed by atoms with Crippen molar-refractivity contribution in [3.05, 3.63) is 29.3 Å². The Morgan fingerprint density at radius 3 is 2.80 bits per heavy atom. The van der Waals surface area contributed by atoms with Crippen molar-refractivity contribution in [3.8, 4) is 0 Å². The average Bonchev–Trinajstić information content (AvgIpc) is 2.41. The molecule has 0 fully saturated rings. The van der Waals surface area contributed by atoms with Gasteiger partial charge in [-0.25, -0.2) is 17.8 Å². The zero-order chi connectivity index (χ0) is 11.2. The van der Waals surface area contributed by atoms with Crippen LogP contribution >= 0.6 is 11.6 Å². The summed E-state index contributed by atoms with van der Waals surface area (Å²) in [5.41, 5.74) is -0.0945. The summed E-state index contributed by atoms with van der Waals surface area (Å²) >= 11 is 5.65. The van der Waals surface area contributed by atoms with Crippen LogP contribution in [0.1, 0.15) is 0 Å². The molecule has 0 saturated carbocycles. The van der Waals surface area contributed by atoms with Gasteiger partial charge < -0.3 is 0 Å². The third kappa shape index (κ3) is 1.59. The van der Waals surface area contributed by atoms with Gasteiger partial charge in [0.25, 0.3) is 0 Å². The molecule has 0 spiro atoms. The van der Waals surface area contributed by atoms with E-state index in [4.69, 9.17) is 11.6 Å². The second-order valence-electron chi connectivity index (χ2n) is 3.03. The fraction of sp³-hybridized carbons (Fsp3) is 0.125. The molecule has 15 heavy (non-hydrogen) atoms. The summed E-state index contributed by atoms with van der Waals surface area (Å²) in [5.74, 6) is -0.616. The van der Waals surface area contributed by atoms with Crippen LogP contribution in [0.3, 0.4) is 0 Å². The van der Waals surface area contributed by atoms with E-state index in [9.17, 15) is 12.8 Å². The molecule has 0 N–H and O–H groups in total. The molecule has 0 radical (unpaired) electrons. The second kappa shape index (κ2) is 3.18. The third-order valence-electron chi connectivity index (χ3n) is 1.87. The molecule has 0 aliphatic heterocycles. The Morgan fingerprint density at radius 1 is 1.53 bits per heavy atom. The lowest BCUT2D eigenvalue weighted by molar-refractivity contribution is 0.596. The van der Waals surface area contributed by atoms with Gasteiger partial charge in [0.15, 0.2) is 31.5 Å². The van der Waals surface area contributed by atoms with Crippen molar-refractivity contribution in [1.29, 1.82) is 0 Å².